The van der Waals surface area contributed by atoms with Crippen molar-refractivity contribution < 1.29 is 14.7 Å². The van der Waals surface area contributed by atoms with Crippen LogP contribution in [0.3, 0.4) is 0 Å². The standard InChI is InChI=1S/C13H19N3O3S/c1-8-5-10(12(17)18)3-4-16(8)13(19)15-7-11-14-6-9(2)20-11/h6,8,10H,3-5,7H2,1-2H3,(H,15,19)(H,17,18). The first kappa shape index (κ1) is 14.8. The summed E-state index contributed by atoms with van der Waals surface area (Å²) in [6.07, 6.45) is 2.82. The van der Waals surface area contributed by atoms with E-state index in [1.165, 1.54) is 0 Å². The van der Waals surface area contributed by atoms with E-state index in [0.29, 0.717) is 25.9 Å². The van der Waals surface area contributed by atoms with Gasteiger partial charge in [-0.25, -0.2) is 9.78 Å². The topological polar surface area (TPSA) is 82.5 Å². The number of amides is 2. The first-order chi connectivity index (χ1) is 9.47. The van der Waals surface area contributed by atoms with Gasteiger partial charge in [0.2, 0.25) is 0 Å². The molecule has 110 valence electrons. The van der Waals surface area contributed by atoms with Gasteiger partial charge in [0.1, 0.15) is 5.01 Å². The molecule has 1 aromatic rings. The number of aliphatic carboxylic acids is 1. The van der Waals surface area contributed by atoms with Crippen LogP contribution in [-0.2, 0) is 11.3 Å². The normalized spacial score (nSPS) is 22.6. The molecule has 6 nitrogen and oxygen atoms in total. The number of thiazole rings is 1. The van der Waals surface area contributed by atoms with Gasteiger partial charge in [0.05, 0.1) is 12.5 Å². The average Bonchev–Trinajstić information content (AvgIpc) is 2.81. The molecule has 2 atom stereocenters. The van der Waals surface area contributed by atoms with E-state index in [1.54, 1.807) is 22.4 Å². The van der Waals surface area contributed by atoms with Crippen LogP contribution in [0, 0.1) is 12.8 Å². The first-order valence-corrected chi connectivity index (χ1v) is 7.47. The van der Waals surface area contributed by atoms with Crippen LogP contribution in [0.2, 0.25) is 0 Å². The summed E-state index contributed by atoms with van der Waals surface area (Å²) in [7, 11) is 0. The summed E-state index contributed by atoms with van der Waals surface area (Å²) in [5.41, 5.74) is 0. The summed E-state index contributed by atoms with van der Waals surface area (Å²) < 4.78 is 0. The number of aryl methyl sites for hydroxylation is 1. The predicted octanol–water partition coefficient (Wildman–Crippen LogP) is 1.85. The quantitative estimate of drug-likeness (QED) is 0.892. The molecule has 7 heteroatoms. The number of carboxylic acids is 1. The number of aromatic nitrogens is 1. The predicted molar refractivity (Wildman–Crippen MR) is 75.6 cm³/mol. The maximum atomic E-state index is 12.1. The molecule has 0 aliphatic carbocycles. The largest absolute Gasteiger partial charge is 0.481 e. The number of urea groups is 1. The number of nitrogens with one attached hydrogen (secondary N) is 1. The Balaban J connectivity index is 1.85. The van der Waals surface area contributed by atoms with E-state index in [2.05, 4.69) is 10.3 Å². The molecule has 2 amide bonds. The van der Waals surface area contributed by atoms with E-state index < -0.39 is 5.97 Å². The van der Waals surface area contributed by atoms with Crippen LogP contribution in [-0.4, -0.2) is 39.6 Å². The lowest BCUT2D eigenvalue weighted by Crippen LogP contribution is -2.49. The Labute approximate surface area is 121 Å². The number of carboxylic acid groups (broad SMARTS) is 1. The van der Waals surface area contributed by atoms with E-state index in [1.807, 2.05) is 13.8 Å². The van der Waals surface area contributed by atoms with Crippen LogP contribution in [0.5, 0.6) is 0 Å². The van der Waals surface area contributed by atoms with Crippen molar-refractivity contribution in [2.45, 2.75) is 39.3 Å². The number of hydrogen-bond acceptors (Lipinski definition) is 4. The van der Waals surface area contributed by atoms with Crippen molar-refractivity contribution in [3.05, 3.63) is 16.1 Å². The first-order valence-electron chi connectivity index (χ1n) is 6.66. The summed E-state index contributed by atoms with van der Waals surface area (Å²) in [5.74, 6) is -1.11. The SMILES string of the molecule is Cc1cnc(CNC(=O)N2CCC(C(=O)O)CC2C)s1. The van der Waals surface area contributed by atoms with Crippen molar-refractivity contribution in [1.82, 2.24) is 15.2 Å². The van der Waals surface area contributed by atoms with Crippen molar-refractivity contribution in [2.75, 3.05) is 6.54 Å². The third-order valence-corrected chi connectivity index (χ3v) is 4.46. The highest BCUT2D eigenvalue weighted by atomic mass is 32.1. The number of carbonyl (C=O) groups is 2. The summed E-state index contributed by atoms with van der Waals surface area (Å²) in [4.78, 5) is 30.1. The van der Waals surface area contributed by atoms with E-state index >= 15 is 0 Å². The van der Waals surface area contributed by atoms with Crippen LogP contribution in [0.1, 0.15) is 29.7 Å². The molecule has 20 heavy (non-hydrogen) atoms. The number of likely N-dealkylation sites (tertiary alicyclic amines) is 1. The maximum absolute atomic E-state index is 12.1. The smallest absolute Gasteiger partial charge is 0.317 e. The molecule has 0 radical (unpaired) electrons. The lowest BCUT2D eigenvalue weighted by Gasteiger charge is -2.36. The van der Waals surface area contributed by atoms with Gasteiger partial charge in [0.25, 0.3) is 0 Å². The van der Waals surface area contributed by atoms with E-state index in [4.69, 9.17) is 5.11 Å². The Morgan fingerprint density at radius 1 is 1.60 bits per heavy atom. The van der Waals surface area contributed by atoms with Gasteiger partial charge in [0, 0.05) is 23.7 Å². The lowest BCUT2D eigenvalue weighted by atomic mass is 9.92. The molecule has 2 heterocycles. The van der Waals surface area contributed by atoms with Crippen LogP contribution >= 0.6 is 11.3 Å². The Hall–Kier alpha value is -1.63. The minimum atomic E-state index is -0.768. The van der Waals surface area contributed by atoms with Crippen molar-refractivity contribution in [1.29, 1.82) is 0 Å². The molecule has 2 rings (SSSR count). The number of nitrogens with zero attached hydrogens (tertiary/aromatic N) is 2. The highest BCUT2D eigenvalue weighted by Gasteiger charge is 2.32. The molecule has 2 unspecified atom stereocenters. The second kappa shape index (κ2) is 6.21. The van der Waals surface area contributed by atoms with Crippen molar-refractivity contribution in [3.63, 3.8) is 0 Å². The van der Waals surface area contributed by atoms with Gasteiger partial charge < -0.3 is 15.3 Å². The molecular weight excluding hydrogens is 278 g/mol. The fourth-order valence-electron chi connectivity index (χ4n) is 2.43. The van der Waals surface area contributed by atoms with Crippen LogP contribution in [0.4, 0.5) is 4.79 Å². The third kappa shape index (κ3) is 3.47. The number of piperidine rings is 1. The Bertz CT molecular complexity index is 503. The Morgan fingerprint density at radius 3 is 2.90 bits per heavy atom. The molecule has 0 aromatic carbocycles. The highest BCUT2D eigenvalue weighted by Crippen LogP contribution is 2.23. The molecule has 1 aromatic heterocycles. The lowest BCUT2D eigenvalue weighted by molar-refractivity contribution is -0.143. The van der Waals surface area contributed by atoms with Gasteiger partial charge in [-0.3, -0.25) is 4.79 Å². The molecular formula is C13H19N3O3S. The minimum absolute atomic E-state index is 0.0529. The summed E-state index contributed by atoms with van der Waals surface area (Å²) in [6.45, 7) is 4.77. The van der Waals surface area contributed by atoms with Crippen LogP contribution in [0.15, 0.2) is 6.20 Å². The van der Waals surface area contributed by atoms with Gasteiger partial charge in [-0.1, -0.05) is 0 Å². The zero-order valence-electron chi connectivity index (χ0n) is 11.6. The molecule has 1 aliphatic rings. The zero-order chi connectivity index (χ0) is 14.7. The second-order valence-electron chi connectivity index (χ2n) is 5.13. The summed E-state index contributed by atoms with van der Waals surface area (Å²) >= 11 is 1.56. The fraction of sp³-hybridized carbons (Fsp3) is 0.615. The molecule has 1 fully saturated rings. The van der Waals surface area contributed by atoms with Gasteiger partial charge in [-0.15, -0.1) is 11.3 Å². The molecule has 1 aliphatic heterocycles. The number of carbonyl (C=O) groups excluding carboxylic acids is 1. The van der Waals surface area contributed by atoms with Gasteiger partial charge in [-0.05, 0) is 26.7 Å². The van der Waals surface area contributed by atoms with E-state index in [-0.39, 0.29) is 18.0 Å². The summed E-state index contributed by atoms with van der Waals surface area (Å²) in [6, 6.07) is -0.197. The van der Waals surface area contributed by atoms with Crippen LogP contribution < -0.4 is 5.32 Å². The van der Waals surface area contributed by atoms with Crippen molar-refractivity contribution >= 4 is 23.3 Å². The molecule has 0 spiro atoms. The Morgan fingerprint density at radius 2 is 2.35 bits per heavy atom. The van der Waals surface area contributed by atoms with Gasteiger partial charge in [0.15, 0.2) is 0 Å². The maximum Gasteiger partial charge on any atom is 0.317 e. The Kier molecular flexibility index (Phi) is 4.59. The average molecular weight is 297 g/mol. The van der Waals surface area contributed by atoms with Gasteiger partial charge >= 0.3 is 12.0 Å². The second-order valence-corrected chi connectivity index (χ2v) is 6.44. The summed E-state index contributed by atoms with van der Waals surface area (Å²) in [5, 5.41) is 12.7. The fourth-order valence-corrected chi connectivity index (χ4v) is 3.16. The molecule has 1 saturated heterocycles. The van der Waals surface area contributed by atoms with E-state index in [9.17, 15) is 9.59 Å². The highest BCUT2D eigenvalue weighted by molar-refractivity contribution is 7.11. The molecule has 0 bridgehead atoms. The monoisotopic (exact) mass is 297 g/mol. The number of rotatable bonds is 3. The van der Waals surface area contributed by atoms with Crippen molar-refractivity contribution in [2.24, 2.45) is 5.92 Å². The van der Waals surface area contributed by atoms with Crippen LogP contribution in [0.25, 0.3) is 0 Å². The van der Waals surface area contributed by atoms with Gasteiger partial charge in [-0.2, -0.15) is 0 Å². The van der Waals surface area contributed by atoms with E-state index in [0.717, 1.165) is 9.88 Å². The minimum Gasteiger partial charge on any atom is -0.481 e. The molecule has 2 N–H and O–H groups in total. The third-order valence-electron chi connectivity index (χ3n) is 3.55. The van der Waals surface area contributed by atoms with Crippen molar-refractivity contribution in [3.8, 4) is 0 Å². The zero-order valence-corrected chi connectivity index (χ0v) is 12.4. The number of hydrogen-bond donors (Lipinski definition) is 2. The molecule has 0 saturated carbocycles.